The lowest BCUT2D eigenvalue weighted by molar-refractivity contribution is -0.131. The third kappa shape index (κ3) is 10.1. The lowest BCUT2D eigenvalue weighted by atomic mass is 10.0. The van der Waals surface area contributed by atoms with E-state index in [0.29, 0.717) is 12.5 Å². The van der Waals surface area contributed by atoms with Gasteiger partial charge in [0.2, 0.25) is 17.7 Å². The molecule has 33 heavy (non-hydrogen) atoms. The molecule has 0 aromatic carbocycles. The smallest absolute Gasteiger partial charge is 0.327 e. The molecule has 0 saturated heterocycles. The van der Waals surface area contributed by atoms with Crippen LogP contribution in [0.15, 0.2) is 35.3 Å². The van der Waals surface area contributed by atoms with Gasteiger partial charge in [0.15, 0.2) is 0 Å². The van der Waals surface area contributed by atoms with Gasteiger partial charge in [0.1, 0.15) is 18.3 Å². The fourth-order valence-electron chi connectivity index (χ4n) is 2.99. The van der Waals surface area contributed by atoms with E-state index in [9.17, 15) is 24.0 Å². The van der Waals surface area contributed by atoms with Crippen LogP contribution in [0.4, 0.5) is 5.69 Å². The number of carboxylic acid groups (broad SMARTS) is 1. The summed E-state index contributed by atoms with van der Waals surface area (Å²) < 4.78 is 1.18. The SMILES string of the molecule is CCC(CC)CNC(=O)Cn1cccc(NC(=O)C(CCC=CC(=O)O)NC(=O)CN)c1=O. The first-order valence-electron chi connectivity index (χ1n) is 10.9. The van der Waals surface area contributed by atoms with Crippen LogP contribution in [0.1, 0.15) is 39.5 Å². The van der Waals surface area contributed by atoms with Crippen molar-refractivity contribution in [3.63, 3.8) is 0 Å². The Hall–Kier alpha value is -3.47. The number of aromatic nitrogens is 1. The zero-order valence-corrected chi connectivity index (χ0v) is 19.0. The Morgan fingerprint density at radius 2 is 1.88 bits per heavy atom. The van der Waals surface area contributed by atoms with Gasteiger partial charge in [-0.3, -0.25) is 19.2 Å². The monoisotopic (exact) mass is 463 g/mol. The van der Waals surface area contributed by atoms with Crippen LogP contribution in [0.5, 0.6) is 0 Å². The van der Waals surface area contributed by atoms with E-state index in [-0.39, 0.29) is 37.5 Å². The molecule has 0 aliphatic heterocycles. The largest absolute Gasteiger partial charge is 0.478 e. The van der Waals surface area contributed by atoms with Crippen LogP contribution in [0.3, 0.4) is 0 Å². The number of nitrogens with two attached hydrogens (primary N) is 1. The summed E-state index contributed by atoms with van der Waals surface area (Å²) in [7, 11) is 0. The molecule has 1 aromatic rings. The summed E-state index contributed by atoms with van der Waals surface area (Å²) in [5, 5.41) is 16.4. The van der Waals surface area contributed by atoms with Crippen molar-refractivity contribution in [1.29, 1.82) is 0 Å². The normalized spacial score (nSPS) is 11.9. The van der Waals surface area contributed by atoms with Crippen LogP contribution in [0.25, 0.3) is 0 Å². The van der Waals surface area contributed by atoms with Gasteiger partial charge in [0.25, 0.3) is 5.56 Å². The van der Waals surface area contributed by atoms with Crippen molar-refractivity contribution in [3.8, 4) is 0 Å². The molecule has 182 valence electrons. The summed E-state index contributed by atoms with van der Waals surface area (Å²) in [6, 6.07) is 1.88. The summed E-state index contributed by atoms with van der Waals surface area (Å²) in [6.07, 6.45) is 5.90. The Labute approximate surface area is 192 Å². The molecule has 0 fully saturated rings. The van der Waals surface area contributed by atoms with E-state index in [1.54, 1.807) is 0 Å². The first-order chi connectivity index (χ1) is 15.7. The lowest BCUT2D eigenvalue weighted by Crippen LogP contribution is -2.46. The Balaban J connectivity index is 2.87. The molecule has 0 bridgehead atoms. The molecule has 1 heterocycles. The van der Waals surface area contributed by atoms with E-state index in [1.165, 1.54) is 29.0 Å². The van der Waals surface area contributed by atoms with E-state index >= 15 is 0 Å². The minimum Gasteiger partial charge on any atom is -0.478 e. The van der Waals surface area contributed by atoms with Gasteiger partial charge in [-0.1, -0.05) is 32.8 Å². The summed E-state index contributed by atoms with van der Waals surface area (Å²) in [5.74, 6) is -2.31. The zero-order valence-electron chi connectivity index (χ0n) is 19.0. The number of hydrogen-bond acceptors (Lipinski definition) is 6. The molecule has 0 spiro atoms. The summed E-state index contributed by atoms with van der Waals surface area (Å²) >= 11 is 0. The summed E-state index contributed by atoms with van der Waals surface area (Å²) in [6.45, 7) is 4.08. The van der Waals surface area contributed by atoms with Gasteiger partial charge in [-0.25, -0.2) is 4.79 Å². The Morgan fingerprint density at radius 1 is 1.18 bits per heavy atom. The maximum Gasteiger partial charge on any atom is 0.327 e. The zero-order chi connectivity index (χ0) is 24.8. The number of nitrogens with one attached hydrogen (secondary N) is 3. The Kier molecular flexibility index (Phi) is 12.2. The van der Waals surface area contributed by atoms with Crippen molar-refractivity contribution >= 4 is 29.4 Å². The third-order valence-electron chi connectivity index (χ3n) is 5.05. The maximum absolute atomic E-state index is 12.7. The molecule has 0 aliphatic rings. The van der Waals surface area contributed by atoms with Crippen molar-refractivity contribution in [2.75, 3.05) is 18.4 Å². The van der Waals surface area contributed by atoms with Gasteiger partial charge in [0.05, 0.1) is 6.54 Å². The molecule has 0 saturated carbocycles. The van der Waals surface area contributed by atoms with Crippen LogP contribution >= 0.6 is 0 Å². The molecule has 1 unspecified atom stereocenters. The van der Waals surface area contributed by atoms with Crippen LogP contribution in [-0.2, 0) is 25.7 Å². The fourth-order valence-corrected chi connectivity index (χ4v) is 2.99. The number of carbonyl (C=O) groups is 4. The predicted octanol–water partition coefficient (Wildman–Crippen LogP) is 0.204. The van der Waals surface area contributed by atoms with Gasteiger partial charge in [0, 0.05) is 18.8 Å². The predicted molar refractivity (Wildman–Crippen MR) is 123 cm³/mol. The number of carboxylic acids is 1. The molecule has 1 aromatic heterocycles. The van der Waals surface area contributed by atoms with Crippen LogP contribution < -0.4 is 27.2 Å². The molecule has 0 radical (unpaired) electrons. The van der Waals surface area contributed by atoms with Gasteiger partial charge in [-0.05, 0) is 30.9 Å². The second kappa shape index (κ2) is 14.6. The average Bonchev–Trinajstić information content (AvgIpc) is 2.78. The van der Waals surface area contributed by atoms with E-state index in [4.69, 9.17) is 10.8 Å². The number of amides is 3. The molecule has 0 aliphatic carbocycles. The minimum atomic E-state index is -1.13. The average molecular weight is 464 g/mol. The van der Waals surface area contributed by atoms with Crippen LogP contribution in [-0.4, -0.2) is 52.5 Å². The molecule has 1 rings (SSSR count). The maximum atomic E-state index is 12.7. The lowest BCUT2D eigenvalue weighted by Gasteiger charge is -2.18. The number of pyridine rings is 1. The number of rotatable bonds is 14. The second-order valence-corrected chi connectivity index (χ2v) is 7.47. The van der Waals surface area contributed by atoms with Gasteiger partial charge in [-0.15, -0.1) is 0 Å². The number of anilines is 1. The molecule has 11 heteroatoms. The number of allylic oxidation sites excluding steroid dienone is 1. The first kappa shape index (κ1) is 27.6. The topological polar surface area (TPSA) is 173 Å². The second-order valence-electron chi connectivity index (χ2n) is 7.47. The van der Waals surface area contributed by atoms with Gasteiger partial charge in [-0.2, -0.15) is 0 Å². The quantitative estimate of drug-likeness (QED) is 0.245. The van der Waals surface area contributed by atoms with Crippen molar-refractivity contribution in [2.24, 2.45) is 11.7 Å². The number of aliphatic carboxylic acids is 1. The Bertz CT molecular complexity index is 907. The molecule has 3 amide bonds. The third-order valence-corrected chi connectivity index (χ3v) is 5.05. The van der Waals surface area contributed by atoms with Crippen molar-refractivity contribution in [2.45, 2.75) is 52.1 Å². The molecular formula is C22H33N5O6. The molecular weight excluding hydrogens is 430 g/mol. The minimum absolute atomic E-state index is 0.0524. The number of hydrogen-bond donors (Lipinski definition) is 5. The van der Waals surface area contributed by atoms with E-state index < -0.39 is 29.4 Å². The van der Waals surface area contributed by atoms with Crippen LogP contribution in [0, 0.1) is 5.92 Å². The highest BCUT2D eigenvalue weighted by Crippen LogP contribution is 2.06. The number of carbonyl (C=O) groups excluding carboxylic acids is 3. The van der Waals surface area contributed by atoms with Gasteiger partial charge < -0.3 is 31.4 Å². The summed E-state index contributed by atoms with van der Waals surface area (Å²) in [5.41, 5.74) is 4.67. The first-order valence-corrected chi connectivity index (χ1v) is 10.9. The highest BCUT2D eigenvalue weighted by Gasteiger charge is 2.21. The number of nitrogens with zero attached hydrogens (tertiary/aromatic N) is 1. The van der Waals surface area contributed by atoms with Crippen molar-refractivity contribution in [3.05, 3.63) is 40.8 Å². The fraction of sp³-hybridized carbons (Fsp3) is 0.500. The van der Waals surface area contributed by atoms with Crippen LogP contribution in [0.2, 0.25) is 0 Å². The standard InChI is InChI=1S/C22H33N5O6/c1-3-15(4-2)13-24-19(29)14-27-11-7-9-17(22(27)33)26-21(32)16(25-18(28)12-23)8-5-6-10-20(30)31/h6-7,9-11,15-16H,3-5,8,12-14,23H2,1-2H3,(H,24,29)(H,25,28)(H,26,32)(H,30,31). The Morgan fingerprint density at radius 3 is 2.48 bits per heavy atom. The molecule has 1 atom stereocenters. The van der Waals surface area contributed by atoms with E-state index in [1.807, 2.05) is 13.8 Å². The highest BCUT2D eigenvalue weighted by molar-refractivity contribution is 5.97. The van der Waals surface area contributed by atoms with Gasteiger partial charge >= 0.3 is 5.97 Å². The van der Waals surface area contributed by atoms with Crippen molar-refractivity contribution < 1.29 is 24.3 Å². The van der Waals surface area contributed by atoms with E-state index in [2.05, 4.69) is 16.0 Å². The molecule has 6 N–H and O–H groups in total. The highest BCUT2D eigenvalue weighted by atomic mass is 16.4. The van der Waals surface area contributed by atoms with E-state index in [0.717, 1.165) is 18.9 Å². The van der Waals surface area contributed by atoms with Crippen molar-refractivity contribution in [1.82, 2.24) is 15.2 Å². The summed E-state index contributed by atoms with van der Waals surface area (Å²) in [4.78, 5) is 59.9. The molecule has 11 nitrogen and oxygen atoms in total.